The first-order valence-electron chi connectivity index (χ1n) is 12.1. The van der Waals surface area contributed by atoms with Crippen molar-refractivity contribution in [3.05, 3.63) is 69.8 Å². The third-order valence-electron chi connectivity index (χ3n) is 6.80. The highest BCUT2D eigenvalue weighted by Crippen LogP contribution is 2.40. The van der Waals surface area contributed by atoms with E-state index in [4.69, 9.17) is 0 Å². The Morgan fingerprint density at radius 1 is 0.906 bits per heavy atom. The summed E-state index contributed by atoms with van der Waals surface area (Å²) in [5.41, 5.74) is 5.89. The van der Waals surface area contributed by atoms with Crippen molar-refractivity contribution in [2.45, 2.75) is 99.5 Å². The Bertz CT molecular complexity index is 886. The molecule has 1 unspecified atom stereocenters. The van der Waals surface area contributed by atoms with Gasteiger partial charge in [0, 0.05) is 5.41 Å². The zero-order valence-electron chi connectivity index (χ0n) is 21.7. The molecule has 1 atom stereocenters. The lowest BCUT2D eigenvalue weighted by molar-refractivity contribution is 0.0559. The SMILES string of the molecule is CC.CCC(CC)(c1ccc(CCC(O)C(C)(C)C)c(C)c1)c1ccc(C(=O)O)c(C)c1. The number of carboxylic acids is 1. The number of benzene rings is 2. The second kappa shape index (κ2) is 11.7. The molecule has 0 saturated heterocycles. The topological polar surface area (TPSA) is 57.5 Å². The van der Waals surface area contributed by atoms with Gasteiger partial charge in [-0.25, -0.2) is 4.79 Å². The lowest BCUT2D eigenvalue weighted by Crippen LogP contribution is -2.27. The zero-order chi connectivity index (χ0) is 24.7. The van der Waals surface area contributed by atoms with Gasteiger partial charge in [-0.3, -0.25) is 0 Å². The lowest BCUT2D eigenvalue weighted by Gasteiger charge is -2.34. The first kappa shape index (κ1) is 27.9. The number of aliphatic hydroxyl groups excluding tert-OH is 1. The van der Waals surface area contributed by atoms with Gasteiger partial charge in [0.2, 0.25) is 0 Å². The normalized spacial score (nSPS) is 12.7. The number of aliphatic hydroxyl groups is 1. The van der Waals surface area contributed by atoms with E-state index in [1.165, 1.54) is 22.3 Å². The highest BCUT2D eigenvalue weighted by molar-refractivity contribution is 5.89. The predicted octanol–water partition coefficient (Wildman–Crippen LogP) is 7.47. The fourth-order valence-corrected chi connectivity index (χ4v) is 4.43. The van der Waals surface area contributed by atoms with Gasteiger partial charge in [0.1, 0.15) is 0 Å². The summed E-state index contributed by atoms with van der Waals surface area (Å²) in [5, 5.41) is 19.8. The zero-order valence-corrected chi connectivity index (χ0v) is 21.7. The highest BCUT2D eigenvalue weighted by Gasteiger charge is 2.31. The molecule has 3 nitrogen and oxygen atoms in total. The maximum Gasteiger partial charge on any atom is 0.335 e. The number of hydrogen-bond donors (Lipinski definition) is 2. The van der Waals surface area contributed by atoms with Gasteiger partial charge in [-0.1, -0.05) is 78.8 Å². The van der Waals surface area contributed by atoms with Crippen LogP contribution in [0.3, 0.4) is 0 Å². The number of hydrogen-bond acceptors (Lipinski definition) is 2. The summed E-state index contributed by atoms with van der Waals surface area (Å²) in [6, 6.07) is 12.5. The molecule has 0 fully saturated rings. The Hall–Kier alpha value is -2.13. The summed E-state index contributed by atoms with van der Waals surface area (Å²) < 4.78 is 0. The lowest BCUT2D eigenvalue weighted by atomic mass is 9.69. The maximum atomic E-state index is 11.4. The van der Waals surface area contributed by atoms with Gasteiger partial charge < -0.3 is 10.2 Å². The summed E-state index contributed by atoms with van der Waals surface area (Å²) in [5.74, 6) is -0.879. The van der Waals surface area contributed by atoms with E-state index >= 15 is 0 Å². The first-order chi connectivity index (χ1) is 15.0. The van der Waals surface area contributed by atoms with Crippen molar-refractivity contribution in [3.63, 3.8) is 0 Å². The molecule has 32 heavy (non-hydrogen) atoms. The third-order valence-corrected chi connectivity index (χ3v) is 6.80. The first-order valence-corrected chi connectivity index (χ1v) is 12.1. The fraction of sp³-hybridized carbons (Fsp3) is 0.552. The average Bonchev–Trinajstić information content (AvgIpc) is 2.74. The van der Waals surface area contributed by atoms with Gasteiger partial charge in [0.25, 0.3) is 0 Å². The van der Waals surface area contributed by atoms with E-state index in [0.717, 1.165) is 31.2 Å². The molecule has 0 aliphatic heterocycles. The number of rotatable bonds is 8. The van der Waals surface area contributed by atoms with E-state index < -0.39 is 5.97 Å². The summed E-state index contributed by atoms with van der Waals surface area (Å²) in [6.45, 7) is 18.6. The Morgan fingerprint density at radius 3 is 1.81 bits per heavy atom. The molecule has 0 radical (unpaired) electrons. The van der Waals surface area contributed by atoms with Crippen LogP contribution in [0.25, 0.3) is 0 Å². The van der Waals surface area contributed by atoms with Gasteiger partial charge in [0.15, 0.2) is 0 Å². The molecule has 0 amide bonds. The predicted molar refractivity (Wildman–Crippen MR) is 136 cm³/mol. The summed E-state index contributed by atoms with van der Waals surface area (Å²) in [6.07, 6.45) is 3.18. The van der Waals surface area contributed by atoms with E-state index in [0.29, 0.717) is 5.56 Å². The Labute approximate surface area is 195 Å². The molecule has 0 saturated carbocycles. The quantitative estimate of drug-likeness (QED) is 0.447. The van der Waals surface area contributed by atoms with Crippen molar-refractivity contribution in [1.29, 1.82) is 0 Å². The van der Waals surface area contributed by atoms with E-state index in [2.05, 4.69) is 59.7 Å². The maximum absolute atomic E-state index is 11.4. The minimum absolute atomic E-state index is 0.104. The van der Waals surface area contributed by atoms with Crippen LogP contribution in [-0.4, -0.2) is 22.3 Å². The molecule has 0 bridgehead atoms. The molecule has 2 rings (SSSR count). The Balaban J connectivity index is 0.00000249. The highest BCUT2D eigenvalue weighted by atomic mass is 16.4. The van der Waals surface area contributed by atoms with Crippen LogP contribution >= 0.6 is 0 Å². The molecule has 2 aromatic rings. The molecule has 3 heteroatoms. The van der Waals surface area contributed by atoms with E-state index in [1.807, 2.05) is 32.9 Å². The molecule has 0 aromatic heterocycles. The van der Waals surface area contributed by atoms with Crippen molar-refractivity contribution in [1.82, 2.24) is 0 Å². The van der Waals surface area contributed by atoms with E-state index in [9.17, 15) is 15.0 Å². The van der Waals surface area contributed by atoms with E-state index in [1.54, 1.807) is 6.07 Å². The third kappa shape index (κ3) is 6.22. The summed E-state index contributed by atoms with van der Waals surface area (Å²) in [7, 11) is 0. The minimum atomic E-state index is -0.879. The van der Waals surface area contributed by atoms with E-state index in [-0.39, 0.29) is 16.9 Å². The van der Waals surface area contributed by atoms with Crippen LogP contribution in [0.1, 0.15) is 106 Å². The molecule has 0 heterocycles. The molecular formula is C29H44O3. The van der Waals surface area contributed by atoms with Crippen LogP contribution < -0.4 is 0 Å². The van der Waals surface area contributed by atoms with Gasteiger partial charge in [-0.15, -0.1) is 0 Å². The van der Waals surface area contributed by atoms with Crippen molar-refractivity contribution >= 4 is 5.97 Å². The van der Waals surface area contributed by atoms with Crippen LogP contribution in [0.4, 0.5) is 0 Å². The molecular weight excluding hydrogens is 396 g/mol. The van der Waals surface area contributed by atoms with Gasteiger partial charge >= 0.3 is 5.97 Å². The van der Waals surface area contributed by atoms with Crippen molar-refractivity contribution in [3.8, 4) is 0 Å². The number of aromatic carboxylic acids is 1. The van der Waals surface area contributed by atoms with Crippen molar-refractivity contribution < 1.29 is 15.0 Å². The Morgan fingerprint density at radius 2 is 1.41 bits per heavy atom. The van der Waals surface area contributed by atoms with Crippen LogP contribution in [0, 0.1) is 19.3 Å². The van der Waals surface area contributed by atoms with Crippen molar-refractivity contribution in [2.24, 2.45) is 5.41 Å². The average molecular weight is 441 g/mol. The molecule has 0 aliphatic rings. The monoisotopic (exact) mass is 440 g/mol. The number of aryl methyl sites for hydroxylation is 3. The van der Waals surface area contributed by atoms with Crippen LogP contribution in [0.15, 0.2) is 36.4 Å². The van der Waals surface area contributed by atoms with Gasteiger partial charge in [0.05, 0.1) is 11.7 Å². The molecule has 178 valence electrons. The summed E-state index contributed by atoms with van der Waals surface area (Å²) >= 11 is 0. The second-order valence-electron chi connectivity index (χ2n) is 9.69. The Kier molecular flexibility index (Phi) is 10.2. The van der Waals surface area contributed by atoms with Crippen LogP contribution in [-0.2, 0) is 11.8 Å². The standard InChI is InChI=1S/C27H38O3.C2H6/c1-8-27(9-2,22-13-14-23(25(29)30)19(4)17-22)21-12-10-20(18(3)16-21)11-15-24(28)26(5,6)7;1-2/h10,12-14,16-17,24,28H,8-9,11,15H2,1-7H3,(H,29,30);1-2H3. The molecule has 0 aliphatic carbocycles. The summed E-state index contributed by atoms with van der Waals surface area (Å²) in [4.78, 5) is 11.4. The van der Waals surface area contributed by atoms with Crippen LogP contribution in [0.5, 0.6) is 0 Å². The van der Waals surface area contributed by atoms with Gasteiger partial charge in [-0.2, -0.15) is 0 Å². The van der Waals surface area contributed by atoms with Crippen LogP contribution in [0.2, 0.25) is 0 Å². The van der Waals surface area contributed by atoms with Gasteiger partial charge in [-0.05, 0) is 78.8 Å². The van der Waals surface area contributed by atoms with Crippen molar-refractivity contribution in [2.75, 3.05) is 0 Å². The molecule has 2 N–H and O–H groups in total. The number of carbonyl (C=O) groups is 1. The fourth-order valence-electron chi connectivity index (χ4n) is 4.43. The molecule has 0 spiro atoms. The largest absolute Gasteiger partial charge is 0.478 e. The smallest absolute Gasteiger partial charge is 0.335 e. The number of carboxylic acid groups (broad SMARTS) is 1. The second-order valence-corrected chi connectivity index (χ2v) is 9.69. The molecule has 2 aromatic carbocycles. The minimum Gasteiger partial charge on any atom is -0.478 e.